The summed E-state index contributed by atoms with van der Waals surface area (Å²) in [4.78, 5) is 12.2. The Bertz CT molecular complexity index is 294. The normalized spacial score (nSPS) is 31.8. The van der Waals surface area contributed by atoms with Gasteiger partial charge in [0.2, 0.25) is 0 Å². The fourth-order valence-corrected chi connectivity index (χ4v) is 3.32. The summed E-state index contributed by atoms with van der Waals surface area (Å²) < 4.78 is 10.9. The Kier molecular flexibility index (Phi) is 5.22. The fraction of sp³-hybridized carbons (Fsp3) is 0.933. The summed E-state index contributed by atoms with van der Waals surface area (Å²) in [5.41, 5.74) is -0.474. The largest absolute Gasteiger partial charge is 0.465 e. The zero-order chi connectivity index (χ0) is 13.7. The summed E-state index contributed by atoms with van der Waals surface area (Å²) >= 11 is 0. The van der Waals surface area contributed by atoms with Crippen molar-refractivity contribution in [3.63, 3.8) is 0 Å². The number of hydrogen-bond donors (Lipinski definition) is 1. The van der Waals surface area contributed by atoms with Crippen LogP contribution in [0.1, 0.15) is 58.8 Å². The van der Waals surface area contributed by atoms with Gasteiger partial charge in [-0.25, -0.2) is 0 Å². The molecule has 1 N–H and O–H groups in total. The Morgan fingerprint density at radius 3 is 2.42 bits per heavy atom. The highest BCUT2D eigenvalue weighted by Gasteiger charge is 2.52. The van der Waals surface area contributed by atoms with Gasteiger partial charge in [0, 0.05) is 25.5 Å². The van der Waals surface area contributed by atoms with E-state index in [9.17, 15) is 4.79 Å². The molecule has 0 spiro atoms. The number of carbonyl (C=O) groups excluding carboxylic acids is 1. The number of nitrogens with one attached hydrogen (secondary N) is 1. The average Bonchev–Trinajstić information content (AvgIpc) is 2.37. The number of ether oxygens (including phenoxy) is 2. The molecule has 0 unspecified atom stereocenters. The lowest BCUT2D eigenvalue weighted by molar-refractivity contribution is -0.165. The van der Waals surface area contributed by atoms with Crippen LogP contribution in [-0.4, -0.2) is 36.9 Å². The molecule has 0 saturated heterocycles. The maximum atomic E-state index is 12.2. The minimum absolute atomic E-state index is 0.0865. The Balaban J connectivity index is 1.93. The molecular weight excluding hydrogens is 242 g/mol. The van der Waals surface area contributed by atoms with Crippen molar-refractivity contribution >= 4 is 5.97 Å². The SMILES string of the molecule is CCOC(=O)C1(NC2CCCCC2)CC(OCC)C1. The van der Waals surface area contributed by atoms with Crippen LogP contribution in [0.25, 0.3) is 0 Å². The minimum Gasteiger partial charge on any atom is -0.465 e. The zero-order valence-electron chi connectivity index (χ0n) is 12.2. The molecule has 0 aromatic carbocycles. The molecule has 4 nitrogen and oxygen atoms in total. The second-order valence-corrected chi connectivity index (χ2v) is 5.77. The van der Waals surface area contributed by atoms with E-state index in [-0.39, 0.29) is 12.1 Å². The summed E-state index contributed by atoms with van der Waals surface area (Å²) in [6, 6.07) is 0.473. The van der Waals surface area contributed by atoms with Gasteiger partial charge in [-0.1, -0.05) is 19.3 Å². The van der Waals surface area contributed by atoms with Gasteiger partial charge >= 0.3 is 5.97 Å². The van der Waals surface area contributed by atoms with Gasteiger partial charge in [-0.3, -0.25) is 10.1 Å². The van der Waals surface area contributed by atoms with Crippen LogP contribution in [0.2, 0.25) is 0 Å². The smallest absolute Gasteiger partial charge is 0.326 e. The molecule has 2 aliphatic carbocycles. The third-order valence-electron chi connectivity index (χ3n) is 4.31. The van der Waals surface area contributed by atoms with E-state index in [4.69, 9.17) is 9.47 Å². The zero-order valence-corrected chi connectivity index (χ0v) is 12.2. The van der Waals surface area contributed by atoms with E-state index in [1.807, 2.05) is 13.8 Å². The van der Waals surface area contributed by atoms with Crippen LogP contribution in [0.3, 0.4) is 0 Å². The number of esters is 1. The van der Waals surface area contributed by atoms with Crippen molar-refractivity contribution in [1.29, 1.82) is 0 Å². The van der Waals surface area contributed by atoms with Crippen LogP contribution >= 0.6 is 0 Å². The molecule has 0 radical (unpaired) electrons. The first-order valence-electron chi connectivity index (χ1n) is 7.76. The summed E-state index contributed by atoms with van der Waals surface area (Å²) in [7, 11) is 0. The van der Waals surface area contributed by atoms with Gasteiger partial charge in [0.05, 0.1) is 12.7 Å². The van der Waals surface area contributed by atoms with Gasteiger partial charge < -0.3 is 9.47 Å². The molecule has 0 bridgehead atoms. The van der Waals surface area contributed by atoms with Crippen molar-refractivity contribution in [3.05, 3.63) is 0 Å². The Morgan fingerprint density at radius 1 is 1.16 bits per heavy atom. The van der Waals surface area contributed by atoms with Gasteiger partial charge in [0.1, 0.15) is 5.54 Å². The second-order valence-electron chi connectivity index (χ2n) is 5.77. The van der Waals surface area contributed by atoms with Crippen LogP contribution in [-0.2, 0) is 14.3 Å². The Morgan fingerprint density at radius 2 is 1.84 bits per heavy atom. The molecule has 19 heavy (non-hydrogen) atoms. The predicted molar refractivity (Wildman–Crippen MR) is 74.0 cm³/mol. The number of carbonyl (C=O) groups is 1. The molecular formula is C15H27NO3. The van der Waals surface area contributed by atoms with Crippen LogP contribution in [0, 0.1) is 0 Å². The van der Waals surface area contributed by atoms with Crippen molar-refractivity contribution in [2.75, 3.05) is 13.2 Å². The summed E-state index contributed by atoms with van der Waals surface area (Å²) in [6.07, 6.45) is 7.96. The number of rotatable bonds is 6. The van der Waals surface area contributed by atoms with E-state index in [1.54, 1.807) is 0 Å². The first-order valence-corrected chi connectivity index (χ1v) is 7.76. The first kappa shape index (κ1) is 14.8. The van der Waals surface area contributed by atoms with Gasteiger partial charge in [-0.15, -0.1) is 0 Å². The minimum atomic E-state index is -0.474. The van der Waals surface area contributed by atoms with E-state index in [2.05, 4.69) is 5.32 Å². The molecule has 110 valence electrons. The fourth-order valence-electron chi connectivity index (χ4n) is 3.32. The maximum Gasteiger partial charge on any atom is 0.326 e. The van der Waals surface area contributed by atoms with Crippen molar-refractivity contribution in [2.45, 2.75) is 76.5 Å². The molecule has 0 heterocycles. The van der Waals surface area contributed by atoms with Crippen molar-refractivity contribution in [3.8, 4) is 0 Å². The van der Waals surface area contributed by atoms with Gasteiger partial charge in [-0.2, -0.15) is 0 Å². The van der Waals surface area contributed by atoms with Gasteiger partial charge in [0.25, 0.3) is 0 Å². The topological polar surface area (TPSA) is 47.6 Å². The molecule has 0 aliphatic heterocycles. The lowest BCUT2D eigenvalue weighted by atomic mass is 9.73. The summed E-state index contributed by atoms with van der Waals surface area (Å²) in [6.45, 7) is 5.03. The molecule has 2 fully saturated rings. The highest BCUT2D eigenvalue weighted by molar-refractivity contribution is 5.82. The molecule has 0 aromatic rings. The quantitative estimate of drug-likeness (QED) is 0.752. The third kappa shape index (κ3) is 3.48. The van der Waals surface area contributed by atoms with Crippen molar-refractivity contribution < 1.29 is 14.3 Å². The van der Waals surface area contributed by atoms with Crippen LogP contribution in [0.5, 0.6) is 0 Å². The molecule has 0 aromatic heterocycles. The Labute approximate surface area is 116 Å². The summed E-state index contributed by atoms with van der Waals surface area (Å²) in [5.74, 6) is -0.0865. The molecule has 2 saturated carbocycles. The maximum absolute atomic E-state index is 12.2. The predicted octanol–water partition coefficient (Wildman–Crippen LogP) is 2.41. The highest BCUT2D eigenvalue weighted by Crippen LogP contribution is 2.37. The molecule has 2 rings (SSSR count). The van der Waals surface area contributed by atoms with E-state index in [0.29, 0.717) is 19.3 Å². The lowest BCUT2D eigenvalue weighted by Gasteiger charge is -2.47. The van der Waals surface area contributed by atoms with E-state index >= 15 is 0 Å². The van der Waals surface area contributed by atoms with Crippen LogP contribution in [0.15, 0.2) is 0 Å². The number of hydrogen-bond acceptors (Lipinski definition) is 4. The standard InChI is InChI=1S/C15H27NO3/c1-3-18-13-10-15(11-13,14(17)19-4-2)16-12-8-6-5-7-9-12/h12-13,16H,3-11H2,1-2H3. The van der Waals surface area contributed by atoms with Gasteiger partial charge in [0.15, 0.2) is 0 Å². The Hall–Kier alpha value is -0.610. The molecule has 2 aliphatic rings. The van der Waals surface area contributed by atoms with E-state index in [1.165, 1.54) is 32.1 Å². The molecule has 0 atom stereocenters. The highest BCUT2D eigenvalue weighted by atomic mass is 16.5. The van der Waals surface area contributed by atoms with E-state index in [0.717, 1.165) is 12.8 Å². The monoisotopic (exact) mass is 269 g/mol. The second kappa shape index (κ2) is 6.71. The van der Waals surface area contributed by atoms with Crippen molar-refractivity contribution in [2.24, 2.45) is 0 Å². The average molecular weight is 269 g/mol. The first-order chi connectivity index (χ1) is 9.20. The lowest BCUT2D eigenvalue weighted by Crippen LogP contribution is -2.66. The van der Waals surface area contributed by atoms with E-state index < -0.39 is 5.54 Å². The third-order valence-corrected chi connectivity index (χ3v) is 4.31. The van der Waals surface area contributed by atoms with Crippen LogP contribution < -0.4 is 5.32 Å². The molecule has 0 amide bonds. The van der Waals surface area contributed by atoms with Crippen LogP contribution in [0.4, 0.5) is 0 Å². The van der Waals surface area contributed by atoms with Gasteiger partial charge in [-0.05, 0) is 26.7 Å². The van der Waals surface area contributed by atoms with Crippen molar-refractivity contribution in [1.82, 2.24) is 5.32 Å². The summed E-state index contributed by atoms with van der Waals surface area (Å²) in [5, 5.41) is 3.59. The molecule has 4 heteroatoms.